The van der Waals surface area contributed by atoms with Gasteiger partial charge in [0.1, 0.15) is 11.6 Å². The normalized spacial score (nSPS) is 14.5. The first-order chi connectivity index (χ1) is 16.7. The molecule has 2 heterocycles. The van der Waals surface area contributed by atoms with Crippen molar-refractivity contribution in [1.82, 2.24) is 20.1 Å². The topological polar surface area (TPSA) is 69.7 Å². The average Bonchev–Trinajstić information content (AvgIpc) is 2.89. The lowest BCUT2D eigenvalue weighted by molar-refractivity contribution is 0.0951. The highest BCUT2D eigenvalue weighted by molar-refractivity contribution is 5.99. The van der Waals surface area contributed by atoms with E-state index in [-0.39, 0.29) is 5.91 Å². The van der Waals surface area contributed by atoms with Crippen molar-refractivity contribution in [2.75, 3.05) is 45.2 Å². The largest absolute Gasteiger partial charge is 0.495 e. The minimum absolute atomic E-state index is 0.177. The third-order valence-electron chi connectivity index (χ3n) is 6.21. The van der Waals surface area contributed by atoms with E-state index in [1.54, 1.807) is 25.4 Å². The summed E-state index contributed by atoms with van der Waals surface area (Å²) in [5.41, 5.74) is 3.60. The molecular weight excluding hydrogens is 426 g/mol. The summed E-state index contributed by atoms with van der Waals surface area (Å²) in [4.78, 5) is 22.3. The number of carbonyl (C=O) groups excluding carboxylic acids is 1. The zero-order valence-electron chi connectivity index (χ0n) is 20.0. The minimum atomic E-state index is -0.177. The molecule has 1 saturated heterocycles. The molecule has 3 aromatic rings. The second-order valence-corrected chi connectivity index (χ2v) is 8.43. The Kier molecular flexibility index (Phi) is 8.12. The van der Waals surface area contributed by atoms with Crippen LogP contribution in [-0.4, -0.2) is 60.5 Å². The first kappa shape index (κ1) is 23.7. The smallest absolute Gasteiger partial charge is 0.255 e. The molecule has 1 amide bonds. The number of piperazine rings is 1. The number of para-hydroxylation sites is 2. The molecule has 1 fully saturated rings. The van der Waals surface area contributed by atoms with Crippen LogP contribution in [0.1, 0.15) is 28.4 Å². The summed E-state index contributed by atoms with van der Waals surface area (Å²) >= 11 is 0. The Bertz CT molecular complexity index is 1080. The summed E-state index contributed by atoms with van der Waals surface area (Å²) in [5, 5.41) is 6.24. The van der Waals surface area contributed by atoms with E-state index in [0.29, 0.717) is 23.7 Å². The molecule has 2 aromatic carbocycles. The van der Waals surface area contributed by atoms with Gasteiger partial charge in [0.15, 0.2) is 0 Å². The van der Waals surface area contributed by atoms with Gasteiger partial charge < -0.3 is 20.3 Å². The van der Waals surface area contributed by atoms with Crippen LogP contribution in [0.3, 0.4) is 0 Å². The van der Waals surface area contributed by atoms with Gasteiger partial charge in [0.2, 0.25) is 0 Å². The monoisotopic (exact) mass is 459 g/mol. The van der Waals surface area contributed by atoms with E-state index in [4.69, 9.17) is 4.74 Å². The zero-order valence-corrected chi connectivity index (χ0v) is 20.0. The van der Waals surface area contributed by atoms with E-state index in [9.17, 15) is 4.79 Å². The number of anilines is 2. The fourth-order valence-electron chi connectivity index (χ4n) is 4.13. The molecule has 7 nitrogen and oxygen atoms in total. The second kappa shape index (κ2) is 11.6. The quantitative estimate of drug-likeness (QED) is 0.506. The van der Waals surface area contributed by atoms with Gasteiger partial charge in [0.05, 0.1) is 18.4 Å². The van der Waals surface area contributed by atoms with Gasteiger partial charge in [-0.1, -0.05) is 43.3 Å². The Hall–Kier alpha value is -3.42. The van der Waals surface area contributed by atoms with E-state index >= 15 is 0 Å². The van der Waals surface area contributed by atoms with Gasteiger partial charge in [-0.05, 0) is 41.9 Å². The Morgan fingerprint density at radius 2 is 1.65 bits per heavy atom. The maximum atomic E-state index is 12.9. The molecule has 1 aromatic heterocycles. The van der Waals surface area contributed by atoms with Crippen molar-refractivity contribution in [3.8, 4) is 5.75 Å². The lowest BCUT2D eigenvalue weighted by Gasteiger charge is -2.34. The summed E-state index contributed by atoms with van der Waals surface area (Å²) < 4.78 is 5.39. The molecule has 0 spiro atoms. The van der Waals surface area contributed by atoms with Crippen LogP contribution in [-0.2, 0) is 13.1 Å². The fourth-order valence-corrected chi connectivity index (χ4v) is 4.13. The Morgan fingerprint density at radius 3 is 2.38 bits per heavy atom. The van der Waals surface area contributed by atoms with E-state index in [1.165, 1.54) is 5.56 Å². The minimum Gasteiger partial charge on any atom is -0.495 e. The van der Waals surface area contributed by atoms with Crippen molar-refractivity contribution in [3.05, 3.63) is 83.6 Å². The first-order valence-electron chi connectivity index (χ1n) is 11.8. The molecule has 0 unspecified atom stereocenters. The highest BCUT2D eigenvalue weighted by atomic mass is 16.5. The van der Waals surface area contributed by atoms with Crippen LogP contribution in [0, 0.1) is 0 Å². The van der Waals surface area contributed by atoms with Crippen LogP contribution < -0.4 is 15.4 Å². The van der Waals surface area contributed by atoms with E-state index < -0.39 is 0 Å². The molecule has 0 bridgehead atoms. The van der Waals surface area contributed by atoms with Crippen molar-refractivity contribution < 1.29 is 9.53 Å². The highest BCUT2D eigenvalue weighted by Crippen LogP contribution is 2.27. The van der Waals surface area contributed by atoms with Crippen LogP contribution >= 0.6 is 0 Å². The summed E-state index contributed by atoms with van der Waals surface area (Å²) in [6.45, 7) is 9.29. The molecule has 2 N–H and O–H groups in total. The maximum absolute atomic E-state index is 12.9. The lowest BCUT2D eigenvalue weighted by Crippen LogP contribution is -2.45. The number of nitrogens with one attached hydrogen (secondary N) is 2. The number of nitrogens with zero attached hydrogens (tertiary/aromatic N) is 3. The molecule has 1 aliphatic rings. The van der Waals surface area contributed by atoms with Gasteiger partial charge >= 0.3 is 0 Å². The number of pyridine rings is 1. The van der Waals surface area contributed by atoms with Crippen LogP contribution in [0.5, 0.6) is 5.75 Å². The standard InChI is InChI=1S/C27H33N5O2/c1-3-31-15-17-32(18-16-31)20-22-12-10-21(11-13-22)19-29-27(33)23-7-6-14-28-26(23)30-24-8-4-5-9-25(24)34-2/h4-14H,3,15-20H2,1-2H3,(H,28,30)(H,29,33). The summed E-state index contributed by atoms with van der Waals surface area (Å²) in [6, 6.07) is 19.6. The number of hydrogen-bond acceptors (Lipinski definition) is 6. The molecule has 0 aliphatic carbocycles. The number of likely N-dealkylation sites (N-methyl/N-ethyl adjacent to an activating group) is 1. The molecular formula is C27H33N5O2. The van der Waals surface area contributed by atoms with Gasteiger partial charge in [-0.3, -0.25) is 9.69 Å². The number of methoxy groups -OCH3 is 1. The third kappa shape index (κ3) is 6.12. The second-order valence-electron chi connectivity index (χ2n) is 8.43. The molecule has 0 atom stereocenters. The number of aromatic nitrogens is 1. The SMILES string of the molecule is CCN1CCN(Cc2ccc(CNC(=O)c3cccnc3Nc3ccccc3OC)cc2)CC1. The molecule has 178 valence electrons. The molecule has 7 heteroatoms. The van der Waals surface area contributed by atoms with E-state index in [1.807, 2.05) is 24.3 Å². The van der Waals surface area contributed by atoms with Gasteiger partial charge in [0, 0.05) is 45.5 Å². The first-order valence-corrected chi connectivity index (χ1v) is 11.8. The predicted octanol–water partition coefficient (Wildman–Crippen LogP) is 3.90. The summed E-state index contributed by atoms with van der Waals surface area (Å²) in [7, 11) is 1.62. The van der Waals surface area contributed by atoms with Crippen molar-refractivity contribution in [2.24, 2.45) is 0 Å². The Balaban J connectivity index is 1.33. The lowest BCUT2D eigenvalue weighted by atomic mass is 10.1. The highest BCUT2D eigenvalue weighted by Gasteiger charge is 2.16. The summed E-state index contributed by atoms with van der Waals surface area (Å²) in [5.74, 6) is 0.998. The number of amides is 1. The van der Waals surface area contributed by atoms with Gasteiger partial charge in [0.25, 0.3) is 5.91 Å². The zero-order chi connectivity index (χ0) is 23.8. The van der Waals surface area contributed by atoms with Gasteiger partial charge in [-0.2, -0.15) is 0 Å². The molecule has 0 saturated carbocycles. The molecule has 34 heavy (non-hydrogen) atoms. The van der Waals surface area contributed by atoms with Gasteiger partial charge in [-0.25, -0.2) is 4.98 Å². The van der Waals surface area contributed by atoms with Crippen molar-refractivity contribution in [2.45, 2.75) is 20.0 Å². The molecule has 4 rings (SSSR count). The van der Waals surface area contributed by atoms with E-state index in [0.717, 1.165) is 50.5 Å². The van der Waals surface area contributed by atoms with Crippen molar-refractivity contribution in [1.29, 1.82) is 0 Å². The van der Waals surface area contributed by atoms with E-state index in [2.05, 4.69) is 56.6 Å². The third-order valence-corrected chi connectivity index (χ3v) is 6.21. The fraction of sp³-hybridized carbons (Fsp3) is 0.333. The van der Waals surface area contributed by atoms with Crippen molar-refractivity contribution >= 4 is 17.4 Å². The van der Waals surface area contributed by atoms with Crippen molar-refractivity contribution in [3.63, 3.8) is 0 Å². The van der Waals surface area contributed by atoms with Gasteiger partial charge in [-0.15, -0.1) is 0 Å². The number of ether oxygens (including phenoxy) is 1. The number of carbonyl (C=O) groups is 1. The molecule has 0 radical (unpaired) electrons. The Morgan fingerprint density at radius 1 is 0.941 bits per heavy atom. The van der Waals surface area contributed by atoms with Crippen LogP contribution in [0.25, 0.3) is 0 Å². The van der Waals surface area contributed by atoms with Crippen LogP contribution in [0.4, 0.5) is 11.5 Å². The van der Waals surface area contributed by atoms with Crippen LogP contribution in [0.2, 0.25) is 0 Å². The maximum Gasteiger partial charge on any atom is 0.255 e. The average molecular weight is 460 g/mol. The Labute approximate surface area is 201 Å². The number of rotatable bonds is 9. The van der Waals surface area contributed by atoms with Crippen LogP contribution in [0.15, 0.2) is 66.9 Å². The number of hydrogen-bond donors (Lipinski definition) is 2. The molecule has 1 aliphatic heterocycles. The predicted molar refractivity (Wildman–Crippen MR) is 136 cm³/mol. The number of benzene rings is 2. The summed E-state index contributed by atoms with van der Waals surface area (Å²) in [6.07, 6.45) is 1.66.